The molecule has 0 unspecified atom stereocenters. The average molecular weight is 446 g/mol. The van der Waals surface area contributed by atoms with Gasteiger partial charge in [-0.15, -0.1) is 13.2 Å². The fourth-order valence-corrected chi connectivity index (χ4v) is 2.71. The molecule has 1 aromatic heterocycles. The third-order valence-corrected chi connectivity index (χ3v) is 4.03. The van der Waals surface area contributed by atoms with E-state index in [-0.39, 0.29) is 18.1 Å². The Labute approximate surface area is 172 Å². The largest absolute Gasteiger partial charge is 0.573 e. The van der Waals surface area contributed by atoms with Gasteiger partial charge in [-0.2, -0.15) is 0 Å². The van der Waals surface area contributed by atoms with Crippen molar-refractivity contribution in [3.05, 3.63) is 76.2 Å². The molecule has 0 saturated carbocycles. The zero-order valence-corrected chi connectivity index (χ0v) is 15.9. The molecule has 3 aromatic rings. The molecule has 0 fully saturated rings. The first kappa shape index (κ1) is 20.9. The van der Waals surface area contributed by atoms with E-state index in [0.29, 0.717) is 21.6 Å². The van der Waals surface area contributed by atoms with E-state index >= 15 is 0 Å². The number of anilines is 1. The lowest BCUT2D eigenvalue weighted by Gasteiger charge is -2.09. The third kappa shape index (κ3) is 6.07. The average Bonchev–Trinajstić information content (AvgIpc) is 3.10. The molecule has 0 aliphatic heterocycles. The van der Waals surface area contributed by atoms with Crippen molar-refractivity contribution in [1.82, 2.24) is 0 Å². The van der Waals surface area contributed by atoms with Crippen molar-refractivity contribution in [3.8, 4) is 11.5 Å². The van der Waals surface area contributed by atoms with Gasteiger partial charge in [-0.25, -0.2) is 0 Å². The van der Waals surface area contributed by atoms with Gasteiger partial charge in [0.15, 0.2) is 5.76 Å². The van der Waals surface area contributed by atoms with Crippen LogP contribution in [0.15, 0.2) is 59.0 Å². The summed E-state index contributed by atoms with van der Waals surface area (Å²) in [6.45, 7) is 0.0259. The van der Waals surface area contributed by atoms with Crippen LogP contribution in [0.25, 0.3) is 0 Å². The maximum atomic E-state index is 12.2. The third-order valence-electron chi connectivity index (χ3n) is 3.50. The summed E-state index contributed by atoms with van der Waals surface area (Å²) in [4.78, 5) is 12.2. The highest BCUT2D eigenvalue weighted by Gasteiger charge is 2.31. The Kier molecular flexibility index (Phi) is 6.24. The monoisotopic (exact) mass is 445 g/mol. The smallest absolute Gasteiger partial charge is 0.484 e. The van der Waals surface area contributed by atoms with E-state index in [1.807, 2.05) is 0 Å². The minimum absolute atomic E-state index is 0.00132. The highest BCUT2D eigenvalue weighted by molar-refractivity contribution is 6.35. The molecule has 5 nitrogen and oxygen atoms in total. The van der Waals surface area contributed by atoms with Gasteiger partial charge in [0.25, 0.3) is 5.91 Å². The summed E-state index contributed by atoms with van der Waals surface area (Å²) in [5, 5.41) is 3.31. The van der Waals surface area contributed by atoms with Crippen LogP contribution < -0.4 is 14.8 Å². The number of benzene rings is 2. The van der Waals surface area contributed by atoms with Crippen LogP contribution in [0.4, 0.5) is 18.9 Å². The van der Waals surface area contributed by atoms with Crippen LogP contribution >= 0.6 is 23.2 Å². The zero-order chi connectivity index (χ0) is 21.0. The summed E-state index contributed by atoms with van der Waals surface area (Å²) in [5.41, 5.74) is 0.270. The molecule has 1 N–H and O–H groups in total. The number of amides is 1. The van der Waals surface area contributed by atoms with Gasteiger partial charge in [0.05, 0.1) is 5.02 Å². The Hall–Kier alpha value is -2.84. The lowest BCUT2D eigenvalue weighted by Crippen LogP contribution is -2.17. The van der Waals surface area contributed by atoms with Crippen LogP contribution in [0.3, 0.4) is 0 Å². The van der Waals surface area contributed by atoms with Gasteiger partial charge >= 0.3 is 6.36 Å². The predicted octanol–water partition coefficient (Wildman–Crippen LogP) is 6.32. The Bertz CT molecular complexity index is 1000. The number of nitrogens with one attached hydrogen (secondary N) is 1. The molecule has 1 heterocycles. The first-order valence-electron chi connectivity index (χ1n) is 8.03. The molecule has 0 bridgehead atoms. The van der Waals surface area contributed by atoms with E-state index in [0.717, 1.165) is 12.1 Å². The van der Waals surface area contributed by atoms with E-state index < -0.39 is 18.0 Å². The number of hydrogen-bond donors (Lipinski definition) is 1. The molecule has 0 saturated heterocycles. The first-order chi connectivity index (χ1) is 13.7. The number of halogens is 5. The summed E-state index contributed by atoms with van der Waals surface area (Å²) in [7, 11) is 0. The Morgan fingerprint density at radius 2 is 1.76 bits per heavy atom. The Morgan fingerprint density at radius 3 is 2.41 bits per heavy atom. The summed E-state index contributed by atoms with van der Waals surface area (Å²) in [6, 6.07) is 12.5. The maximum absolute atomic E-state index is 12.2. The topological polar surface area (TPSA) is 60.7 Å². The minimum atomic E-state index is -4.78. The zero-order valence-electron chi connectivity index (χ0n) is 14.4. The Morgan fingerprint density at radius 1 is 1.03 bits per heavy atom. The number of ether oxygens (including phenoxy) is 2. The van der Waals surface area contributed by atoms with Gasteiger partial charge in [0, 0.05) is 10.7 Å². The number of furan rings is 1. The van der Waals surface area contributed by atoms with Crippen LogP contribution in [-0.4, -0.2) is 12.3 Å². The van der Waals surface area contributed by atoms with E-state index in [1.165, 1.54) is 24.3 Å². The van der Waals surface area contributed by atoms with E-state index in [4.69, 9.17) is 32.4 Å². The van der Waals surface area contributed by atoms with Crippen molar-refractivity contribution in [2.75, 3.05) is 5.32 Å². The minimum Gasteiger partial charge on any atom is -0.484 e. The molecule has 152 valence electrons. The van der Waals surface area contributed by atoms with E-state index in [1.54, 1.807) is 18.2 Å². The van der Waals surface area contributed by atoms with Gasteiger partial charge in [-0.3, -0.25) is 4.79 Å². The van der Waals surface area contributed by atoms with Crippen LogP contribution in [0, 0.1) is 0 Å². The van der Waals surface area contributed by atoms with Crippen molar-refractivity contribution in [2.24, 2.45) is 0 Å². The van der Waals surface area contributed by atoms with Crippen LogP contribution in [0.5, 0.6) is 11.5 Å². The molecule has 0 aliphatic rings. The number of rotatable bonds is 6. The molecule has 29 heavy (non-hydrogen) atoms. The Balaban J connectivity index is 1.57. The summed E-state index contributed by atoms with van der Waals surface area (Å²) < 4.78 is 51.2. The molecule has 0 atom stereocenters. The molecule has 0 spiro atoms. The van der Waals surface area contributed by atoms with Gasteiger partial charge in [0.2, 0.25) is 0 Å². The van der Waals surface area contributed by atoms with Crippen LogP contribution in [0.2, 0.25) is 10.0 Å². The van der Waals surface area contributed by atoms with Crippen molar-refractivity contribution in [2.45, 2.75) is 13.0 Å². The highest BCUT2D eigenvalue weighted by atomic mass is 35.5. The van der Waals surface area contributed by atoms with E-state index in [2.05, 4.69) is 10.1 Å². The van der Waals surface area contributed by atoms with Gasteiger partial charge in [-0.05, 0) is 54.6 Å². The van der Waals surface area contributed by atoms with Gasteiger partial charge < -0.3 is 19.2 Å². The van der Waals surface area contributed by atoms with Gasteiger partial charge in [0.1, 0.15) is 23.9 Å². The molecule has 10 heteroatoms. The fourth-order valence-electron chi connectivity index (χ4n) is 2.25. The predicted molar refractivity (Wildman–Crippen MR) is 101 cm³/mol. The second-order valence-electron chi connectivity index (χ2n) is 5.66. The quantitative estimate of drug-likeness (QED) is 0.482. The number of alkyl halides is 3. The molecule has 1 amide bonds. The molecule has 3 rings (SSSR count). The lowest BCUT2D eigenvalue weighted by atomic mass is 10.3. The molecule has 0 aliphatic carbocycles. The number of hydrogen-bond acceptors (Lipinski definition) is 4. The van der Waals surface area contributed by atoms with Crippen LogP contribution in [-0.2, 0) is 6.61 Å². The lowest BCUT2D eigenvalue weighted by molar-refractivity contribution is -0.274. The normalized spacial score (nSPS) is 11.2. The second-order valence-corrected chi connectivity index (χ2v) is 6.50. The standard InChI is InChI=1S/C19H12Cl2F3NO4/c20-11-1-7-16(15(21)9-11)27-10-14-6-8-17(28-14)18(26)25-12-2-4-13(5-3-12)29-19(22,23)24/h1-9H,10H2,(H,25,26). The summed E-state index contributed by atoms with van der Waals surface area (Å²) in [6.07, 6.45) is -4.78. The van der Waals surface area contributed by atoms with Crippen molar-refractivity contribution in [1.29, 1.82) is 0 Å². The number of carbonyl (C=O) groups excluding carboxylic acids is 1. The molecular formula is C19H12Cl2F3NO4. The van der Waals surface area contributed by atoms with Gasteiger partial charge in [-0.1, -0.05) is 23.2 Å². The van der Waals surface area contributed by atoms with Crippen LogP contribution in [0.1, 0.15) is 16.3 Å². The highest BCUT2D eigenvalue weighted by Crippen LogP contribution is 2.28. The first-order valence-corrected chi connectivity index (χ1v) is 8.79. The fraction of sp³-hybridized carbons (Fsp3) is 0.105. The SMILES string of the molecule is O=C(Nc1ccc(OC(F)(F)F)cc1)c1ccc(COc2ccc(Cl)cc2Cl)o1. The summed E-state index contributed by atoms with van der Waals surface area (Å²) in [5.74, 6) is -0.199. The number of carbonyl (C=O) groups is 1. The molecular weight excluding hydrogens is 434 g/mol. The van der Waals surface area contributed by atoms with Crippen molar-refractivity contribution < 1.29 is 31.9 Å². The second kappa shape index (κ2) is 8.67. The molecule has 0 radical (unpaired) electrons. The van der Waals surface area contributed by atoms with Crippen molar-refractivity contribution in [3.63, 3.8) is 0 Å². The molecule has 2 aromatic carbocycles. The maximum Gasteiger partial charge on any atom is 0.573 e. The van der Waals surface area contributed by atoms with E-state index in [9.17, 15) is 18.0 Å². The summed E-state index contributed by atoms with van der Waals surface area (Å²) >= 11 is 11.8. The van der Waals surface area contributed by atoms with Crippen molar-refractivity contribution >= 4 is 34.8 Å².